The molecule has 0 aliphatic rings. The number of carbonyl (C=O) groups is 4. The zero-order valence-electron chi connectivity index (χ0n) is 24.6. The summed E-state index contributed by atoms with van der Waals surface area (Å²) in [7, 11) is 0.533. The molecule has 56 heavy (non-hydrogen) atoms. The number of hydrogen-bond acceptors (Lipinski definition) is 6. The van der Waals surface area contributed by atoms with Crippen molar-refractivity contribution in [3.8, 4) is 0 Å². The third-order valence-electron chi connectivity index (χ3n) is 4.42. The Hall–Kier alpha value is -2.83. The smallest absolute Gasteiger partial charge is 0.460 e. The van der Waals surface area contributed by atoms with Gasteiger partial charge in [-0.25, -0.2) is 19.2 Å². The van der Waals surface area contributed by atoms with Gasteiger partial charge in [0.2, 0.25) is 0 Å². The molecule has 342 valence electrons. The Bertz CT molecular complexity index is 1200. The summed E-state index contributed by atoms with van der Waals surface area (Å²) in [5.41, 5.74) is 0. The first kappa shape index (κ1) is 65.0. The third-order valence-corrected chi connectivity index (χ3v) is 4.42. The van der Waals surface area contributed by atoms with Crippen LogP contribution in [0.25, 0.3) is 0 Å². The van der Waals surface area contributed by atoms with E-state index in [-0.39, 0.29) is 53.2 Å². The summed E-state index contributed by atoms with van der Waals surface area (Å²) < 4.78 is 332. The van der Waals surface area contributed by atoms with Gasteiger partial charge in [0, 0.05) is 39.0 Å². The molecular weight excluding hydrogens is 1080 g/mol. The van der Waals surface area contributed by atoms with Crippen LogP contribution in [0.1, 0.15) is 0 Å². The number of aliphatic carboxylic acids is 2. The minimum Gasteiger partial charge on any atom is -0.477 e. The van der Waals surface area contributed by atoms with E-state index in [2.05, 4.69) is 9.47 Å². The average molecular weight is 1090 g/mol. The fraction of sp³-hybridized carbons (Fsp3) is 0.778. The molecule has 0 saturated carbocycles. The zero-order chi connectivity index (χ0) is 45.7. The molecule has 8 nitrogen and oxygen atoms in total. The molecule has 0 aliphatic carbocycles. The van der Waals surface area contributed by atoms with Gasteiger partial charge in [-0.2, -0.15) is 123 Å². The van der Waals surface area contributed by atoms with Crippen LogP contribution < -0.4 is 0 Å². The van der Waals surface area contributed by atoms with Gasteiger partial charge >= 0.3 is 96.0 Å². The second kappa shape index (κ2) is 19.7. The molecule has 0 saturated heterocycles. The molecule has 0 unspecified atom stereocenters. The van der Waals surface area contributed by atoms with E-state index in [1.165, 1.54) is 0 Å². The number of carboxylic acid groups (broad SMARTS) is 2. The van der Waals surface area contributed by atoms with Crippen LogP contribution in [0, 0.1) is 0 Å². The first-order chi connectivity index (χ1) is 22.8. The summed E-state index contributed by atoms with van der Waals surface area (Å²) in [6.45, 7) is 0. The largest absolute Gasteiger partial charge is 0.477 e. The van der Waals surface area contributed by atoms with Crippen molar-refractivity contribution in [2.75, 3.05) is 14.2 Å². The van der Waals surface area contributed by atoms with Crippen LogP contribution >= 0.6 is 0 Å². The standard InChI is InChI=1S/2C5H3F7O2.2C4HF7O2.2Rh/c2*1-14-2(13)3(6,7)4(8,9)5(10,11)12;2*5-2(6,1(12)13)3(7,8)4(9,10)11;;/h2*1H3;2*(H,12,13);;. The van der Waals surface area contributed by atoms with Crippen molar-refractivity contribution in [3.63, 3.8) is 0 Å². The van der Waals surface area contributed by atoms with Gasteiger partial charge in [-0.1, -0.05) is 0 Å². The summed E-state index contributed by atoms with van der Waals surface area (Å²) in [6, 6.07) is 0. The maximum Gasteiger partial charge on any atom is 0.460 e. The number of hydrogen-bond donors (Lipinski definition) is 2. The van der Waals surface area contributed by atoms with Crippen LogP contribution in [-0.2, 0) is 67.6 Å². The second-order valence-corrected chi connectivity index (χ2v) is 8.18. The summed E-state index contributed by atoms with van der Waals surface area (Å²) >= 11 is 0. The quantitative estimate of drug-likeness (QED) is 0.144. The van der Waals surface area contributed by atoms with Crippen LogP contribution in [0.3, 0.4) is 0 Å². The molecule has 0 spiro atoms. The van der Waals surface area contributed by atoms with Gasteiger partial charge in [-0.15, -0.1) is 0 Å². The molecule has 2 radical (unpaired) electrons. The van der Waals surface area contributed by atoms with Gasteiger partial charge in [-0.3, -0.25) is 0 Å². The molecule has 38 heteroatoms. The van der Waals surface area contributed by atoms with Crippen molar-refractivity contribution in [2.45, 2.75) is 72.1 Å². The number of halogens is 28. The predicted octanol–water partition coefficient (Wildman–Crippen LogP) is 7.79. The summed E-state index contributed by atoms with van der Waals surface area (Å²) in [6.07, 6.45) is -26.3. The van der Waals surface area contributed by atoms with E-state index >= 15 is 0 Å². The molecule has 2 N–H and O–H groups in total. The molecule has 0 aromatic carbocycles. The number of esters is 2. The molecule has 0 aromatic heterocycles. The van der Waals surface area contributed by atoms with Crippen molar-refractivity contribution in [1.29, 1.82) is 0 Å². The fourth-order valence-corrected chi connectivity index (χ4v) is 1.49. The van der Waals surface area contributed by atoms with Crippen molar-refractivity contribution < 1.29 is 201 Å². The normalized spacial score (nSPS) is 13.7. The minimum atomic E-state index is -6.60. The van der Waals surface area contributed by atoms with Gasteiger partial charge < -0.3 is 19.7 Å². The summed E-state index contributed by atoms with van der Waals surface area (Å²) in [5, 5.41) is 14.8. The van der Waals surface area contributed by atoms with Crippen molar-refractivity contribution in [3.05, 3.63) is 0 Å². The van der Waals surface area contributed by atoms with Crippen molar-refractivity contribution in [2.24, 2.45) is 0 Å². The van der Waals surface area contributed by atoms with Crippen LogP contribution in [0.15, 0.2) is 0 Å². The predicted molar refractivity (Wildman–Crippen MR) is 103 cm³/mol. The first-order valence-corrected chi connectivity index (χ1v) is 10.8. The van der Waals surface area contributed by atoms with Gasteiger partial charge in [0.05, 0.1) is 14.2 Å². The maximum absolute atomic E-state index is 12.1. The van der Waals surface area contributed by atoms with E-state index in [0.717, 1.165) is 0 Å². The van der Waals surface area contributed by atoms with Gasteiger partial charge in [0.1, 0.15) is 0 Å². The van der Waals surface area contributed by atoms with Crippen LogP contribution in [-0.4, -0.2) is 120 Å². The van der Waals surface area contributed by atoms with E-state index in [1.54, 1.807) is 0 Å². The third kappa shape index (κ3) is 13.6. The first-order valence-electron chi connectivity index (χ1n) is 10.8. The Labute approximate surface area is 311 Å². The Morgan fingerprint density at radius 1 is 0.321 bits per heavy atom. The molecule has 0 heterocycles. The average Bonchev–Trinajstić information content (AvgIpc) is 2.94. The number of rotatable bonds is 8. The molecule has 0 aliphatic heterocycles. The van der Waals surface area contributed by atoms with E-state index < -0.39 is 96.0 Å². The SMILES string of the molecule is COC(=O)C(F)(F)C(F)(F)C(F)(F)F.COC(=O)C(F)(F)C(F)(F)C(F)(F)F.O=C(O)C(F)(F)C(F)(F)C(F)(F)F.O=C(O)C(F)(F)C(F)(F)C(F)(F)F.[Rh].[Rh]. The Morgan fingerprint density at radius 3 is 0.518 bits per heavy atom. The summed E-state index contributed by atoms with van der Waals surface area (Å²) in [4.78, 5) is 38.7. The molecule has 0 bridgehead atoms. The van der Waals surface area contributed by atoms with Gasteiger partial charge in [-0.05, 0) is 0 Å². The van der Waals surface area contributed by atoms with Crippen molar-refractivity contribution >= 4 is 23.9 Å². The number of ether oxygens (including phenoxy) is 2. The number of carbonyl (C=O) groups excluding carboxylic acids is 2. The fourth-order valence-electron chi connectivity index (χ4n) is 1.49. The van der Waals surface area contributed by atoms with Gasteiger partial charge in [0.15, 0.2) is 0 Å². The van der Waals surface area contributed by atoms with E-state index in [4.69, 9.17) is 10.2 Å². The molecule has 0 atom stereocenters. The topological polar surface area (TPSA) is 127 Å². The molecular formula is C18H8F28O8Rh2. The van der Waals surface area contributed by atoms with E-state index in [9.17, 15) is 142 Å². The summed E-state index contributed by atoms with van der Waals surface area (Å²) in [5.74, 6) is -63.2. The minimum absolute atomic E-state index is 0. The van der Waals surface area contributed by atoms with Crippen LogP contribution in [0.4, 0.5) is 123 Å². The number of methoxy groups -OCH3 is 2. The van der Waals surface area contributed by atoms with Crippen molar-refractivity contribution in [1.82, 2.24) is 0 Å². The second-order valence-electron chi connectivity index (χ2n) is 8.18. The Balaban J connectivity index is -0.000000147. The molecule has 0 fully saturated rings. The maximum atomic E-state index is 12.1. The van der Waals surface area contributed by atoms with Crippen LogP contribution in [0.2, 0.25) is 0 Å². The monoisotopic (exact) mass is 1090 g/mol. The Kier molecular flexibility index (Phi) is 22.9. The van der Waals surface area contributed by atoms with Crippen LogP contribution in [0.5, 0.6) is 0 Å². The zero-order valence-corrected chi connectivity index (χ0v) is 27.9. The van der Waals surface area contributed by atoms with Gasteiger partial charge in [0.25, 0.3) is 0 Å². The van der Waals surface area contributed by atoms with E-state index in [1.807, 2.05) is 0 Å². The number of alkyl halides is 28. The molecule has 0 rings (SSSR count). The molecule has 0 amide bonds. The Morgan fingerprint density at radius 2 is 0.446 bits per heavy atom. The molecule has 0 aromatic rings. The van der Waals surface area contributed by atoms with E-state index in [0.29, 0.717) is 0 Å². The number of carboxylic acids is 2.